The molecule has 1 radical (unpaired) electrons. The van der Waals surface area contributed by atoms with Crippen LogP contribution in [0.25, 0.3) is 0 Å². The van der Waals surface area contributed by atoms with E-state index in [0.717, 1.165) is 28.9 Å². The second-order valence-electron chi connectivity index (χ2n) is 20.6. The number of benzene rings is 4. The van der Waals surface area contributed by atoms with Crippen molar-refractivity contribution in [2.75, 3.05) is 73.0 Å². The number of nitrogens with one attached hydrogen (secondary N) is 4. The number of nitrogens with two attached hydrogens (primary N) is 2. The van der Waals surface area contributed by atoms with Crippen molar-refractivity contribution >= 4 is 73.5 Å². The first kappa shape index (κ1) is 100. The zero-order chi connectivity index (χ0) is 74.9. The predicted octanol–water partition coefficient (Wildman–Crippen LogP) is 9.67. The Morgan fingerprint density at radius 2 is 0.643 bits per heavy atom. The van der Waals surface area contributed by atoms with Crippen molar-refractivity contribution in [3.8, 4) is 0 Å². The Morgan fingerprint density at radius 1 is 0.398 bits per heavy atom. The van der Waals surface area contributed by atoms with E-state index in [0.29, 0.717) is 33.0 Å². The number of hydrogen-bond donors (Lipinski definition) is 8. The molecule has 0 fully saturated rings. The fourth-order valence-electron chi connectivity index (χ4n) is 6.44. The number of hydrogen-bond acceptors (Lipinski definition) is 23. The molecule has 0 aliphatic rings. The summed E-state index contributed by atoms with van der Waals surface area (Å²) < 4.78 is 107. The molecule has 0 aliphatic heterocycles. The van der Waals surface area contributed by atoms with Crippen LogP contribution in [0.5, 0.6) is 0 Å². The molecule has 4 rings (SSSR count). The predicted molar refractivity (Wildman–Crippen MR) is 374 cm³/mol. The Kier molecular flexibility index (Phi) is 57.5. The molecule has 0 bridgehead atoms. The van der Waals surface area contributed by atoms with E-state index in [-0.39, 0.29) is 80.3 Å². The summed E-state index contributed by atoms with van der Waals surface area (Å²) in [5, 5.41) is 10.2. The molecule has 0 spiro atoms. The van der Waals surface area contributed by atoms with Crippen LogP contribution in [-0.2, 0) is 125 Å². The van der Waals surface area contributed by atoms with Crippen molar-refractivity contribution in [1.82, 2.24) is 20.3 Å². The number of esters is 6. The summed E-state index contributed by atoms with van der Waals surface area (Å²) in [6, 6.07) is 33.9. The van der Waals surface area contributed by atoms with Gasteiger partial charge >= 0.3 is 45.0 Å². The van der Waals surface area contributed by atoms with Gasteiger partial charge in [0.15, 0.2) is 0 Å². The SMILES string of the molecule is CCOC(=O)C(C)N.CCOC(=O)C(C)NP(C)(=O)NC(C)C(=O)OCC.CCOC(=O)C(C)NP(C)(=O)O.CCOC(=O)C(C)NP(C)(=O)OCc1ccccc1.CP(=O)(O)OCc1ccccc1.CP(=O)(OCc1ccccc1)OCc1ccccc1.[CH2-]C(N)C(=O)OCC.[Pr]. The summed E-state index contributed by atoms with van der Waals surface area (Å²) in [6.07, 6.45) is 0. The van der Waals surface area contributed by atoms with Crippen LogP contribution in [0.3, 0.4) is 0 Å². The first-order valence-electron chi connectivity index (χ1n) is 30.7. The van der Waals surface area contributed by atoms with E-state index in [1.807, 2.05) is 121 Å². The summed E-state index contributed by atoms with van der Waals surface area (Å²) in [7, 11) is -15.8. The van der Waals surface area contributed by atoms with Crippen LogP contribution >= 0.6 is 37.7 Å². The first-order valence-corrected chi connectivity index (χ1v) is 41.0. The fraction of sp³-hybridized carbons (Fsp3) is 0.508. The summed E-state index contributed by atoms with van der Waals surface area (Å²) in [6.45, 7) is 30.8. The van der Waals surface area contributed by atoms with Crippen molar-refractivity contribution in [1.29, 1.82) is 0 Å². The maximum atomic E-state index is 12.2. The molecule has 0 heterocycles. The van der Waals surface area contributed by atoms with Crippen molar-refractivity contribution in [3.05, 3.63) is 151 Å². The second-order valence-corrected chi connectivity index (χ2v) is 31.1. The van der Waals surface area contributed by atoms with Gasteiger partial charge in [-0.1, -0.05) is 121 Å². The number of carbonyl (C=O) groups is 6. The van der Waals surface area contributed by atoms with Gasteiger partial charge < -0.3 is 74.7 Å². The van der Waals surface area contributed by atoms with E-state index in [4.69, 9.17) is 53.6 Å². The molecule has 0 amide bonds. The van der Waals surface area contributed by atoms with Crippen LogP contribution in [0, 0.1) is 48.2 Å². The van der Waals surface area contributed by atoms with Gasteiger partial charge in [0.1, 0.15) is 30.2 Å². The Balaban J connectivity index is -0.000000538. The molecular formula is C63H106N6O23P5Pr-. The number of rotatable bonds is 32. The van der Waals surface area contributed by atoms with E-state index in [9.17, 15) is 51.6 Å². The topological polar surface area (TPSA) is 421 Å². The van der Waals surface area contributed by atoms with Gasteiger partial charge in [-0.05, 0) is 104 Å². The van der Waals surface area contributed by atoms with E-state index >= 15 is 0 Å². The van der Waals surface area contributed by atoms with Crippen molar-refractivity contribution in [3.63, 3.8) is 0 Å². The Labute approximate surface area is 612 Å². The minimum atomic E-state index is -3.35. The van der Waals surface area contributed by atoms with Crippen LogP contribution in [-0.4, -0.2) is 155 Å². The molecule has 0 aromatic heterocycles. The molecule has 9 unspecified atom stereocenters. The van der Waals surface area contributed by atoms with Crippen LogP contribution in [0.15, 0.2) is 121 Å². The zero-order valence-corrected chi connectivity index (χ0v) is 67.4. The Hall–Kier alpha value is -4.27. The Morgan fingerprint density at radius 3 is 0.878 bits per heavy atom. The summed E-state index contributed by atoms with van der Waals surface area (Å²) in [5.74, 6) is -2.73. The maximum Gasteiger partial charge on any atom is 0.328 e. The molecular weight excluding hydrogens is 1500 g/mol. The monoisotopic (exact) mass is 1610 g/mol. The third-order valence-electron chi connectivity index (χ3n) is 10.8. The van der Waals surface area contributed by atoms with Gasteiger partial charge in [-0.2, -0.15) is 0 Å². The fourth-order valence-corrected chi connectivity index (χ4v) is 11.5. The van der Waals surface area contributed by atoms with Gasteiger partial charge in [0.25, 0.3) is 21.0 Å². The van der Waals surface area contributed by atoms with Crippen LogP contribution in [0.2, 0.25) is 0 Å². The van der Waals surface area contributed by atoms with Crippen molar-refractivity contribution < 1.29 is 149 Å². The molecule has 10 N–H and O–H groups in total. The molecule has 98 heavy (non-hydrogen) atoms. The minimum Gasteiger partial charge on any atom is -0.467 e. The molecule has 9 atom stereocenters. The quantitative estimate of drug-likeness (QED) is 0.00975. The Bertz CT molecular complexity index is 2970. The van der Waals surface area contributed by atoms with Crippen molar-refractivity contribution in [2.45, 2.75) is 139 Å². The summed E-state index contributed by atoms with van der Waals surface area (Å²) in [4.78, 5) is 83.6. The molecule has 0 saturated carbocycles. The van der Waals surface area contributed by atoms with Gasteiger partial charge in [-0.25, -0.2) is 20.3 Å². The number of carbonyl (C=O) groups excluding carboxylic acids is 6. The molecule has 555 valence electrons. The molecule has 0 aliphatic carbocycles. The molecule has 29 nitrogen and oxygen atoms in total. The molecule has 4 aromatic rings. The maximum absolute atomic E-state index is 12.2. The van der Waals surface area contributed by atoms with Crippen LogP contribution in [0.1, 0.15) is 98.4 Å². The molecule has 35 heteroatoms. The average molecular weight is 1610 g/mol. The normalized spacial score (nSPS) is 14.7. The standard InChI is InChI=1S/C15H17O3P.C13H20NO4P.C11H23N2O5P.C8H11O3P.C6H14NO4P.C5H11NO2.C5H10NO2.Pr/c1-19(16,17-12-14-8-4-2-5-9-14)18-13-15-10-6-3-7-11-15;1-4-17-13(15)11(2)14-19(3,16)18-10-12-8-6-5-7-9-12;1-6-17-10(14)8(3)12-19(5,16)13-9(4)11(15)18-7-2;1-12(9,10)11-7-8-5-3-2-4-6-8;1-4-11-6(8)5(2)7-12(3,9)10;2*1-3-8-5(7)4(2)6;/h2-11H,12-13H2,1H3;5-9,11H,4,10H2,1-3H3,(H,14,16);8-9H,6-7H2,1-5H3,(H2,12,13,16);2-6H,7H2,1H3,(H,9,10);5H,4H2,1-3H3,(H2,7,9,10);4H,3,6H2,1-2H3;4H,2-3,6H2,1H3;/q;;;;;;-1;. The third kappa shape index (κ3) is 58.4. The molecule has 0 saturated heterocycles. The summed E-state index contributed by atoms with van der Waals surface area (Å²) in [5.41, 5.74) is 14.0. The zero-order valence-electron chi connectivity index (χ0n) is 59.2. The average Bonchev–Trinajstić information content (AvgIpc) is 0.907. The van der Waals surface area contributed by atoms with Gasteiger partial charge in [0, 0.05) is 74.6 Å². The smallest absolute Gasteiger partial charge is 0.328 e. The van der Waals surface area contributed by atoms with Gasteiger partial charge in [-0.15, -0.1) is 0 Å². The van der Waals surface area contributed by atoms with E-state index in [1.165, 1.54) is 33.6 Å². The van der Waals surface area contributed by atoms with Crippen LogP contribution < -0.4 is 31.8 Å². The van der Waals surface area contributed by atoms with E-state index < -0.39 is 104 Å². The first-order chi connectivity index (χ1) is 45.1. The molecule has 4 aromatic carbocycles. The van der Waals surface area contributed by atoms with Crippen molar-refractivity contribution in [2.24, 2.45) is 11.5 Å². The minimum absolute atomic E-state index is 0. The van der Waals surface area contributed by atoms with Crippen LogP contribution in [0.4, 0.5) is 0 Å². The summed E-state index contributed by atoms with van der Waals surface area (Å²) >= 11 is 0. The van der Waals surface area contributed by atoms with Gasteiger partial charge in [-0.3, -0.25) is 51.6 Å². The second kappa shape index (κ2) is 56.3. The largest absolute Gasteiger partial charge is 0.467 e. The van der Waals surface area contributed by atoms with E-state index in [1.54, 1.807) is 69.2 Å². The van der Waals surface area contributed by atoms with E-state index in [2.05, 4.69) is 41.5 Å². The van der Waals surface area contributed by atoms with Gasteiger partial charge in [0.2, 0.25) is 7.44 Å². The number of ether oxygens (including phenoxy) is 6. The van der Waals surface area contributed by atoms with Gasteiger partial charge in [0.05, 0.1) is 66.1 Å². The third-order valence-corrected chi connectivity index (χ3v) is 16.7.